The lowest BCUT2D eigenvalue weighted by atomic mass is 9.94. The van der Waals surface area contributed by atoms with Gasteiger partial charge in [-0.15, -0.1) is 0 Å². The lowest BCUT2D eigenvalue weighted by Gasteiger charge is -2.34. The van der Waals surface area contributed by atoms with E-state index < -0.39 is 14.9 Å². The van der Waals surface area contributed by atoms with E-state index in [4.69, 9.17) is 4.74 Å². The lowest BCUT2D eigenvalue weighted by Crippen LogP contribution is -2.42. The van der Waals surface area contributed by atoms with E-state index in [0.29, 0.717) is 26.2 Å². The second kappa shape index (κ2) is 8.11. The Morgan fingerprint density at radius 2 is 1.96 bits per heavy atom. The maximum absolute atomic E-state index is 12.9. The molecule has 8 nitrogen and oxygen atoms in total. The molecule has 0 bridgehead atoms. The number of hydrogen-bond donors (Lipinski definition) is 1. The smallest absolute Gasteiger partial charge is 0.293 e. The van der Waals surface area contributed by atoms with Gasteiger partial charge in [-0.25, -0.2) is 8.42 Å². The molecular formula is C16H25N3O5S. The standard InChI is InChI=1S/C16H25N3O5S/c1-12-8-13(2)11-18(10-12)25(22,23)14-4-5-15(17-6-7-24-3)16(9-14)19(20)21/h4-5,9,12-13,17H,6-8,10-11H2,1-3H3/t12-,13+. The van der Waals surface area contributed by atoms with Crippen LogP contribution >= 0.6 is 0 Å². The molecule has 25 heavy (non-hydrogen) atoms. The molecule has 1 aliphatic rings. The molecule has 1 aromatic carbocycles. The van der Waals surface area contributed by atoms with Gasteiger partial charge in [0.05, 0.1) is 16.4 Å². The molecule has 0 unspecified atom stereocenters. The monoisotopic (exact) mass is 371 g/mol. The number of nitro benzene ring substituents is 1. The molecule has 9 heteroatoms. The molecule has 1 heterocycles. The fourth-order valence-corrected chi connectivity index (χ4v) is 4.91. The molecule has 1 aliphatic heterocycles. The third kappa shape index (κ3) is 4.68. The maximum Gasteiger partial charge on any atom is 0.293 e. The molecule has 0 saturated carbocycles. The summed E-state index contributed by atoms with van der Waals surface area (Å²) >= 11 is 0. The van der Waals surface area contributed by atoms with Crippen LogP contribution in [0, 0.1) is 22.0 Å². The average Bonchev–Trinajstić information content (AvgIpc) is 2.54. The Bertz CT molecular complexity index is 712. The van der Waals surface area contributed by atoms with E-state index >= 15 is 0 Å². The van der Waals surface area contributed by atoms with Crippen LogP contribution in [-0.2, 0) is 14.8 Å². The number of hydrogen-bond acceptors (Lipinski definition) is 6. The minimum Gasteiger partial charge on any atom is -0.383 e. The molecule has 2 rings (SSSR count). The van der Waals surface area contributed by atoms with Crippen molar-refractivity contribution in [3.8, 4) is 0 Å². The van der Waals surface area contributed by atoms with Crippen molar-refractivity contribution in [3.63, 3.8) is 0 Å². The summed E-state index contributed by atoms with van der Waals surface area (Å²) in [4.78, 5) is 10.7. The van der Waals surface area contributed by atoms with E-state index in [1.165, 1.54) is 23.5 Å². The number of anilines is 1. The summed E-state index contributed by atoms with van der Waals surface area (Å²) in [5, 5.41) is 14.2. The number of methoxy groups -OCH3 is 1. The Hall–Kier alpha value is -1.71. The van der Waals surface area contributed by atoms with Gasteiger partial charge >= 0.3 is 0 Å². The normalized spacial score (nSPS) is 21.9. The van der Waals surface area contributed by atoms with E-state index in [9.17, 15) is 18.5 Å². The zero-order valence-electron chi connectivity index (χ0n) is 14.8. The highest BCUT2D eigenvalue weighted by Gasteiger charge is 2.33. The van der Waals surface area contributed by atoms with Gasteiger partial charge in [0.2, 0.25) is 10.0 Å². The van der Waals surface area contributed by atoms with E-state index in [-0.39, 0.29) is 28.1 Å². The third-order valence-corrected chi connectivity index (χ3v) is 6.09. The van der Waals surface area contributed by atoms with Crippen molar-refractivity contribution in [2.24, 2.45) is 11.8 Å². The Labute approximate surface area is 148 Å². The Balaban J connectivity index is 2.31. The minimum absolute atomic E-state index is 0.0437. The summed E-state index contributed by atoms with van der Waals surface area (Å²) < 4.78 is 32.1. The largest absolute Gasteiger partial charge is 0.383 e. The van der Waals surface area contributed by atoms with Crippen LogP contribution in [0.4, 0.5) is 11.4 Å². The predicted molar refractivity (Wildman–Crippen MR) is 95.2 cm³/mol. The topological polar surface area (TPSA) is 102 Å². The van der Waals surface area contributed by atoms with Crippen LogP contribution in [0.5, 0.6) is 0 Å². The zero-order valence-corrected chi connectivity index (χ0v) is 15.6. The fourth-order valence-electron chi connectivity index (χ4n) is 3.21. The first-order valence-corrected chi connectivity index (χ1v) is 9.71. The number of nitrogens with zero attached hydrogens (tertiary/aromatic N) is 2. The van der Waals surface area contributed by atoms with Crippen molar-refractivity contribution in [2.45, 2.75) is 25.2 Å². The number of ether oxygens (including phenoxy) is 1. The van der Waals surface area contributed by atoms with Gasteiger partial charge in [0.25, 0.3) is 5.69 Å². The maximum atomic E-state index is 12.9. The highest BCUT2D eigenvalue weighted by Crippen LogP contribution is 2.31. The highest BCUT2D eigenvalue weighted by atomic mass is 32.2. The third-order valence-electron chi connectivity index (χ3n) is 4.26. The SMILES string of the molecule is COCCNc1ccc(S(=O)(=O)N2C[C@H](C)C[C@H](C)C2)cc1[N+](=O)[O-]. The van der Waals surface area contributed by atoms with Crippen LogP contribution in [0.15, 0.2) is 23.1 Å². The van der Waals surface area contributed by atoms with E-state index in [1.807, 2.05) is 13.8 Å². The molecular weight excluding hydrogens is 346 g/mol. The number of nitro groups is 1. The fraction of sp³-hybridized carbons (Fsp3) is 0.625. The molecule has 1 fully saturated rings. The van der Waals surface area contributed by atoms with E-state index in [0.717, 1.165) is 12.5 Å². The van der Waals surface area contributed by atoms with E-state index in [1.54, 1.807) is 0 Å². The Kier molecular flexibility index (Phi) is 6.36. The van der Waals surface area contributed by atoms with Crippen LogP contribution in [-0.4, -0.2) is 51.0 Å². The molecule has 2 atom stereocenters. The van der Waals surface area contributed by atoms with Gasteiger partial charge in [0, 0.05) is 32.8 Å². The summed E-state index contributed by atoms with van der Waals surface area (Å²) in [6.07, 6.45) is 0.981. The summed E-state index contributed by atoms with van der Waals surface area (Å²) in [6.45, 7) is 5.70. The van der Waals surface area contributed by atoms with E-state index in [2.05, 4.69) is 5.32 Å². The van der Waals surface area contributed by atoms with Gasteiger partial charge in [-0.3, -0.25) is 10.1 Å². The van der Waals surface area contributed by atoms with Crippen molar-refractivity contribution < 1.29 is 18.1 Å². The summed E-state index contributed by atoms with van der Waals surface area (Å²) in [5.41, 5.74) is 0.0247. The van der Waals surface area contributed by atoms with Gasteiger partial charge in [-0.05, 0) is 30.4 Å². The number of piperidine rings is 1. The van der Waals surface area contributed by atoms with Gasteiger partial charge in [0.1, 0.15) is 5.69 Å². The molecule has 1 aromatic rings. The van der Waals surface area contributed by atoms with Crippen LogP contribution in [0.1, 0.15) is 20.3 Å². The molecule has 0 aromatic heterocycles. The van der Waals surface area contributed by atoms with Crippen LogP contribution < -0.4 is 5.32 Å². The predicted octanol–water partition coefficient (Wildman–Crippen LogP) is 2.32. The van der Waals surface area contributed by atoms with Crippen molar-refractivity contribution in [1.29, 1.82) is 0 Å². The molecule has 0 radical (unpaired) electrons. The average molecular weight is 371 g/mol. The zero-order chi connectivity index (χ0) is 18.6. The Morgan fingerprint density at radius 1 is 1.32 bits per heavy atom. The first-order valence-electron chi connectivity index (χ1n) is 8.27. The molecule has 140 valence electrons. The summed E-state index contributed by atoms with van der Waals surface area (Å²) in [7, 11) is -2.22. The Morgan fingerprint density at radius 3 is 2.52 bits per heavy atom. The number of nitrogens with one attached hydrogen (secondary N) is 1. The van der Waals surface area contributed by atoms with Gasteiger partial charge in [-0.1, -0.05) is 13.8 Å². The first kappa shape index (κ1) is 19.6. The summed E-state index contributed by atoms with van der Waals surface area (Å²) in [5.74, 6) is 0.534. The molecule has 0 amide bonds. The van der Waals surface area contributed by atoms with Gasteiger partial charge in [-0.2, -0.15) is 4.31 Å². The molecule has 0 aliphatic carbocycles. The molecule has 1 saturated heterocycles. The lowest BCUT2D eigenvalue weighted by molar-refractivity contribution is -0.384. The van der Waals surface area contributed by atoms with Crippen molar-refractivity contribution in [1.82, 2.24) is 4.31 Å². The number of benzene rings is 1. The number of sulfonamides is 1. The highest BCUT2D eigenvalue weighted by molar-refractivity contribution is 7.89. The second-order valence-corrected chi connectivity index (χ2v) is 8.56. The van der Waals surface area contributed by atoms with Crippen LogP contribution in [0.3, 0.4) is 0 Å². The van der Waals surface area contributed by atoms with Crippen LogP contribution in [0.2, 0.25) is 0 Å². The second-order valence-electron chi connectivity index (χ2n) is 6.62. The molecule has 1 N–H and O–H groups in total. The van der Waals surface area contributed by atoms with Gasteiger partial charge in [0.15, 0.2) is 0 Å². The van der Waals surface area contributed by atoms with Gasteiger partial charge < -0.3 is 10.1 Å². The minimum atomic E-state index is -3.75. The van der Waals surface area contributed by atoms with Crippen molar-refractivity contribution >= 4 is 21.4 Å². The number of rotatable bonds is 7. The van der Waals surface area contributed by atoms with Crippen molar-refractivity contribution in [3.05, 3.63) is 28.3 Å². The first-order chi connectivity index (χ1) is 11.8. The van der Waals surface area contributed by atoms with Crippen LogP contribution in [0.25, 0.3) is 0 Å². The summed E-state index contributed by atoms with van der Waals surface area (Å²) in [6, 6.07) is 3.99. The quantitative estimate of drug-likeness (QED) is 0.448. The molecule has 0 spiro atoms. The van der Waals surface area contributed by atoms with Crippen molar-refractivity contribution in [2.75, 3.05) is 38.7 Å².